The molecule has 1 unspecified atom stereocenters. The Morgan fingerprint density at radius 3 is 2.52 bits per heavy atom. The van der Waals surface area contributed by atoms with Gasteiger partial charge in [0.05, 0.1) is 21.7 Å². The van der Waals surface area contributed by atoms with Crippen LogP contribution in [0.25, 0.3) is 0 Å². The van der Waals surface area contributed by atoms with Crippen LogP contribution in [0.4, 0.5) is 18.9 Å². The third-order valence-corrected chi connectivity index (χ3v) is 6.74. The number of nitrogens with one attached hydrogen (secondary N) is 2. The fourth-order valence-electron chi connectivity index (χ4n) is 3.67. The highest BCUT2D eigenvalue weighted by molar-refractivity contribution is 7.92. The molecule has 1 atom stereocenters. The molecule has 3 rings (SSSR count). The number of rotatable bonds is 6. The van der Waals surface area contributed by atoms with E-state index in [4.69, 9.17) is 0 Å². The minimum atomic E-state index is -4.64. The number of aromatic carboxylic acids is 1. The van der Waals surface area contributed by atoms with E-state index in [9.17, 15) is 31.5 Å². The number of hydrogen-bond donors (Lipinski definition) is 3. The highest BCUT2D eigenvalue weighted by Gasteiger charge is 2.33. The number of sulfonamides is 1. The Morgan fingerprint density at radius 2 is 1.94 bits per heavy atom. The summed E-state index contributed by atoms with van der Waals surface area (Å²) in [4.78, 5) is 11.0. The van der Waals surface area contributed by atoms with E-state index in [1.54, 1.807) is 6.92 Å². The van der Waals surface area contributed by atoms with Crippen LogP contribution in [-0.4, -0.2) is 26.0 Å². The molecule has 2 aromatic carbocycles. The Hall–Kier alpha value is -2.59. The van der Waals surface area contributed by atoms with Crippen molar-refractivity contribution in [3.05, 3.63) is 58.7 Å². The number of halogens is 3. The summed E-state index contributed by atoms with van der Waals surface area (Å²) in [7, 11) is -4.34. The van der Waals surface area contributed by atoms with Crippen molar-refractivity contribution in [3.8, 4) is 0 Å². The lowest BCUT2D eigenvalue weighted by Crippen LogP contribution is -2.28. The molecule has 31 heavy (non-hydrogen) atoms. The molecular weight excluding hydrogens is 433 g/mol. The molecule has 0 radical (unpaired) electrons. The number of benzene rings is 2. The average molecular weight is 456 g/mol. The van der Waals surface area contributed by atoms with Gasteiger partial charge in [-0.05, 0) is 61.2 Å². The van der Waals surface area contributed by atoms with Gasteiger partial charge in [0.15, 0.2) is 0 Å². The van der Waals surface area contributed by atoms with Crippen molar-refractivity contribution >= 4 is 21.7 Å². The number of aryl methyl sites for hydroxylation is 1. The predicted octanol–water partition coefficient (Wildman–Crippen LogP) is 4.58. The van der Waals surface area contributed by atoms with Crippen molar-refractivity contribution in [1.82, 2.24) is 5.32 Å². The van der Waals surface area contributed by atoms with Gasteiger partial charge in [0, 0.05) is 6.04 Å². The van der Waals surface area contributed by atoms with Crippen LogP contribution < -0.4 is 10.0 Å². The zero-order valence-corrected chi connectivity index (χ0v) is 17.6. The summed E-state index contributed by atoms with van der Waals surface area (Å²) in [5.74, 6) is -1.30. The summed E-state index contributed by atoms with van der Waals surface area (Å²) in [6.45, 7) is 2.38. The van der Waals surface area contributed by atoms with Gasteiger partial charge < -0.3 is 10.4 Å². The van der Waals surface area contributed by atoms with Crippen LogP contribution in [0.2, 0.25) is 0 Å². The molecule has 0 aliphatic carbocycles. The quantitative estimate of drug-likeness (QED) is 0.591. The predicted molar refractivity (Wildman–Crippen MR) is 110 cm³/mol. The molecule has 1 heterocycles. The summed E-state index contributed by atoms with van der Waals surface area (Å²) in [6.07, 6.45) is -1.88. The first-order valence-electron chi connectivity index (χ1n) is 9.86. The Balaban J connectivity index is 2.09. The smallest absolute Gasteiger partial charge is 0.416 e. The molecule has 1 fully saturated rings. The van der Waals surface area contributed by atoms with Crippen LogP contribution >= 0.6 is 0 Å². The second kappa shape index (κ2) is 8.88. The Bertz CT molecular complexity index is 1080. The van der Waals surface area contributed by atoms with Crippen LogP contribution in [0.1, 0.15) is 59.3 Å². The molecule has 0 saturated carbocycles. The summed E-state index contributed by atoms with van der Waals surface area (Å²) >= 11 is 0. The fraction of sp³-hybridized carbons (Fsp3) is 0.381. The van der Waals surface area contributed by atoms with Crippen LogP contribution in [0.5, 0.6) is 0 Å². The van der Waals surface area contributed by atoms with E-state index in [1.807, 2.05) is 0 Å². The third-order valence-electron chi connectivity index (χ3n) is 5.30. The molecule has 1 saturated heterocycles. The van der Waals surface area contributed by atoms with E-state index in [0.717, 1.165) is 31.0 Å². The van der Waals surface area contributed by atoms with Crippen molar-refractivity contribution in [2.75, 3.05) is 11.3 Å². The van der Waals surface area contributed by atoms with Crippen molar-refractivity contribution < 1.29 is 31.5 Å². The molecule has 0 amide bonds. The number of anilines is 1. The highest BCUT2D eigenvalue weighted by atomic mass is 32.2. The SMILES string of the molecule is CCc1ccc(C(=O)O)cc1S(=O)(=O)Nc1cc(C(F)(F)F)ccc1C1CCCCN1. The van der Waals surface area contributed by atoms with Crippen molar-refractivity contribution in [2.45, 2.75) is 49.7 Å². The normalized spacial score (nSPS) is 17.4. The van der Waals surface area contributed by atoms with Crippen LogP contribution in [0.3, 0.4) is 0 Å². The molecule has 168 valence electrons. The molecule has 10 heteroatoms. The van der Waals surface area contributed by atoms with Gasteiger partial charge in [0.1, 0.15) is 0 Å². The topological polar surface area (TPSA) is 95.5 Å². The van der Waals surface area contributed by atoms with Gasteiger partial charge >= 0.3 is 12.1 Å². The molecule has 1 aliphatic heterocycles. The van der Waals surface area contributed by atoms with Gasteiger partial charge in [0.25, 0.3) is 10.0 Å². The number of carboxylic acid groups (broad SMARTS) is 1. The molecule has 1 aliphatic rings. The monoisotopic (exact) mass is 456 g/mol. The summed E-state index contributed by atoms with van der Waals surface area (Å²) < 4.78 is 68.5. The maximum Gasteiger partial charge on any atom is 0.416 e. The van der Waals surface area contributed by atoms with Gasteiger partial charge in [-0.2, -0.15) is 13.2 Å². The number of alkyl halides is 3. The first kappa shape index (κ1) is 23.1. The zero-order chi connectivity index (χ0) is 22.8. The maximum atomic E-state index is 13.3. The molecule has 0 bridgehead atoms. The van der Waals surface area contributed by atoms with E-state index in [2.05, 4.69) is 10.0 Å². The second-order valence-corrected chi connectivity index (χ2v) is 9.04. The Labute approximate surface area is 178 Å². The third kappa shape index (κ3) is 5.19. The number of hydrogen-bond acceptors (Lipinski definition) is 4. The molecule has 0 spiro atoms. The van der Waals surface area contributed by atoms with E-state index in [0.29, 0.717) is 30.5 Å². The van der Waals surface area contributed by atoms with Crippen molar-refractivity contribution in [2.24, 2.45) is 0 Å². The lowest BCUT2D eigenvalue weighted by Gasteiger charge is -2.27. The lowest BCUT2D eigenvalue weighted by atomic mass is 9.95. The lowest BCUT2D eigenvalue weighted by molar-refractivity contribution is -0.137. The van der Waals surface area contributed by atoms with Crippen LogP contribution in [0, 0.1) is 0 Å². The summed E-state index contributed by atoms with van der Waals surface area (Å²) in [5, 5.41) is 12.4. The Kier molecular flexibility index (Phi) is 6.61. The highest BCUT2D eigenvalue weighted by Crippen LogP contribution is 2.37. The Morgan fingerprint density at radius 1 is 1.19 bits per heavy atom. The molecule has 2 aromatic rings. The van der Waals surface area contributed by atoms with Crippen molar-refractivity contribution in [1.29, 1.82) is 0 Å². The van der Waals surface area contributed by atoms with Gasteiger partial charge in [-0.15, -0.1) is 0 Å². The standard InChI is InChI=1S/C21H23F3N2O4S/c1-2-13-6-7-14(20(27)28)11-19(13)31(29,30)26-18-12-15(21(22,23)24)8-9-16(18)17-5-3-4-10-25-17/h6-9,11-12,17,25-26H,2-5,10H2,1H3,(H,27,28). The first-order valence-corrected chi connectivity index (χ1v) is 11.3. The summed E-state index contributed by atoms with van der Waals surface area (Å²) in [5.41, 5.74) is -0.585. The van der Waals surface area contributed by atoms with Gasteiger partial charge in [0.2, 0.25) is 0 Å². The largest absolute Gasteiger partial charge is 0.478 e. The minimum Gasteiger partial charge on any atom is -0.478 e. The first-order chi connectivity index (χ1) is 14.5. The fourth-order valence-corrected chi connectivity index (χ4v) is 5.09. The maximum absolute atomic E-state index is 13.3. The van der Waals surface area contributed by atoms with Gasteiger partial charge in [-0.1, -0.05) is 25.5 Å². The number of piperidine rings is 1. The van der Waals surface area contributed by atoms with Crippen molar-refractivity contribution in [3.63, 3.8) is 0 Å². The summed E-state index contributed by atoms with van der Waals surface area (Å²) in [6, 6.07) is 6.44. The van der Waals surface area contributed by atoms with Gasteiger partial charge in [-0.3, -0.25) is 4.72 Å². The molecule has 3 N–H and O–H groups in total. The minimum absolute atomic E-state index is 0.169. The average Bonchev–Trinajstić information content (AvgIpc) is 2.73. The number of carboxylic acids is 1. The second-order valence-electron chi connectivity index (χ2n) is 7.39. The molecule has 6 nitrogen and oxygen atoms in total. The van der Waals surface area contributed by atoms with E-state index < -0.39 is 27.7 Å². The van der Waals surface area contributed by atoms with Crippen LogP contribution in [-0.2, 0) is 22.6 Å². The molecule has 0 aromatic heterocycles. The molecular formula is C21H23F3N2O4S. The number of carbonyl (C=O) groups is 1. The van der Waals surface area contributed by atoms with E-state index in [-0.39, 0.29) is 22.2 Å². The zero-order valence-electron chi connectivity index (χ0n) is 16.8. The van der Waals surface area contributed by atoms with E-state index >= 15 is 0 Å². The van der Waals surface area contributed by atoms with E-state index in [1.165, 1.54) is 18.2 Å². The van der Waals surface area contributed by atoms with Gasteiger partial charge in [-0.25, -0.2) is 13.2 Å². The van der Waals surface area contributed by atoms with Crippen LogP contribution in [0.15, 0.2) is 41.3 Å².